The van der Waals surface area contributed by atoms with Crippen LogP contribution in [0.1, 0.15) is 22.3 Å². The summed E-state index contributed by atoms with van der Waals surface area (Å²) in [6, 6.07) is 10.1. The fourth-order valence-corrected chi connectivity index (χ4v) is 2.71. The Kier molecular flexibility index (Phi) is 4.05. The molecule has 2 aromatic rings. The monoisotopic (exact) mass is 334 g/mol. The van der Waals surface area contributed by atoms with E-state index in [0.29, 0.717) is 34.1 Å². The van der Waals surface area contributed by atoms with Crippen LogP contribution in [0.5, 0.6) is 0 Å². The maximum atomic E-state index is 12.3. The molecule has 2 aromatic carbocycles. The van der Waals surface area contributed by atoms with Gasteiger partial charge in [-0.05, 0) is 48.4 Å². The highest BCUT2D eigenvalue weighted by molar-refractivity contribution is 6.36. The molecule has 0 aliphatic carbocycles. The second kappa shape index (κ2) is 5.99. The molecule has 0 atom stereocenters. The number of benzene rings is 2. The van der Waals surface area contributed by atoms with Crippen LogP contribution >= 0.6 is 23.2 Å². The quantitative estimate of drug-likeness (QED) is 0.867. The molecule has 2 amide bonds. The Morgan fingerprint density at radius 2 is 1.91 bits per heavy atom. The fraction of sp³-hybridized carbons (Fsp3) is 0.125. The molecule has 0 bridgehead atoms. The van der Waals surface area contributed by atoms with Gasteiger partial charge in [0.05, 0.1) is 10.6 Å². The van der Waals surface area contributed by atoms with E-state index in [2.05, 4.69) is 10.6 Å². The van der Waals surface area contributed by atoms with Crippen molar-refractivity contribution in [1.29, 1.82) is 0 Å². The summed E-state index contributed by atoms with van der Waals surface area (Å²) in [5, 5.41) is 6.38. The maximum Gasteiger partial charge on any atom is 0.257 e. The number of hydrogen-bond donors (Lipinski definition) is 2. The van der Waals surface area contributed by atoms with E-state index in [1.165, 1.54) is 6.07 Å². The predicted molar refractivity (Wildman–Crippen MR) is 87.8 cm³/mol. The molecule has 0 spiro atoms. The molecule has 112 valence electrons. The van der Waals surface area contributed by atoms with E-state index in [-0.39, 0.29) is 11.8 Å². The van der Waals surface area contributed by atoms with Crippen molar-refractivity contribution in [3.8, 4) is 0 Å². The standard InChI is InChI=1S/C16H12Cl2N2O2/c17-10-2-4-13(18)12(8-10)16(22)19-11-3-5-14-9(7-11)1-6-15(21)20-14/h2-5,7-8H,1,6H2,(H,19,22)(H,20,21). The van der Waals surface area contributed by atoms with Crippen LogP contribution in [-0.2, 0) is 11.2 Å². The van der Waals surface area contributed by atoms with Gasteiger partial charge in [-0.3, -0.25) is 9.59 Å². The molecule has 0 saturated heterocycles. The molecule has 1 heterocycles. The van der Waals surface area contributed by atoms with Gasteiger partial charge in [-0.25, -0.2) is 0 Å². The van der Waals surface area contributed by atoms with E-state index < -0.39 is 0 Å². The number of carbonyl (C=O) groups excluding carboxylic acids is 2. The van der Waals surface area contributed by atoms with Gasteiger partial charge in [0.25, 0.3) is 5.91 Å². The van der Waals surface area contributed by atoms with Crippen LogP contribution in [0.4, 0.5) is 11.4 Å². The van der Waals surface area contributed by atoms with Crippen molar-refractivity contribution >= 4 is 46.4 Å². The molecular weight excluding hydrogens is 323 g/mol. The first-order chi connectivity index (χ1) is 10.5. The largest absolute Gasteiger partial charge is 0.326 e. The summed E-state index contributed by atoms with van der Waals surface area (Å²) in [5.41, 5.74) is 2.75. The number of carbonyl (C=O) groups is 2. The molecular formula is C16H12Cl2N2O2. The zero-order valence-corrected chi connectivity index (χ0v) is 13.0. The lowest BCUT2D eigenvalue weighted by molar-refractivity contribution is -0.116. The topological polar surface area (TPSA) is 58.2 Å². The van der Waals surface area contributed by atoms with Gasteiger partial charge in [0.15, 0.2) is 0 Å². The minimum Gasteiger partial charge on any atom is -0.326 e. The molecule has 6 heteroatoms. The average molecular weight is 335 g/mol. The van der Waals surface area contributed by atoms with Gasteiger partial charge in [0, 0.05) is 22.8 Å². The molecule has 0 radical (unpaired) electrons. The van der Waals surface area contributed by atoms with Crippen LogP contribution in [0.3, 0.4) is 0 Å². The van der Waals surface area contributed by atoms with E-state index in [9.17, 15) is 9.59 Å². The molecule has 1 aliphatic heterocycles. The Morgan fingerprint density at radius 1 is 1.09 bits per heavy atom. The zero-order chi connectivity index (χ0) is 15.7. The van der Waals surface area contributed by atoms with Crippen molar-refractivity contribution in [3.05, 3.63) is 57.6 Å². The summed E-state index contributed by atoms with van der Waals surface area (Å²) in [5.74, 6) is -0.317. The van der Waals surface area contributed by atoms with Gasteiger partial charge >= 0.3 is 0 Å². The summed E-state index contributed by atoms with van der Waals surface area (Å²) < 4.78 is 0. The van der Waals surface area contributed by atoms with E-state index in [0.717, 1.165) is 11.3 Å². The van der Waals surface area contributed by atoms with Crippen LogP contribution in [0.15, 0.2) is 36.4 Å². The number of amides is 2. The number of nitrogens with one attached hydrogen (secondary N) is 2. The van der Waals surface area contributed by atoms with E-state index in [1.54, 1.807) is 24.3 Å². The third-order valence-corrected chi connectivity index (χ3v) is 4.00. The highest BCUT2D eigenvalue weighted by Gasteiger charge is 2.16. The predicted octanol–water partition coefficient (Wildman–Crippen LogP) is 4.13. The second-order valence-corrected chi connectivity index (χ2v) is 5.84. The lowest BCUT2D eigenvalue weighted by Crippen LogP contribution is -2.19. The smallest absolute Gasteiger partial charge is 0.257 e. The minimum absolute atomic E-state index is 0.00925. The normalized spacial score (nSPS) is 13.3. The number of halogens is 2. The molecule has 2 N–H and O–H groups in total. The zero-order valence-electron chi connectivity index (χ0n) is 11.5. The summed E-state index contributed by atoms with van der Waals surface area (Å²) in [7, 11) is 0. The maximum absolute atomic E-state index is 12.3. The van der Waals surface area contributed by atoms with E-state index in [1.807, 2.05) is 6.07 Å². The van der Waals surface area contributed by atoms with Crippen molar-refractivity contribution in [2.24, 2.45) is 0 Å². The van der Waals surface area contributed by atoms with Gasteiger partial charge < -0.3 is 10.6 Å². The van der Waals surface area contributed by atoms with Crippen molar-refractivity contribution < 1.29 is 9.59 Å². The van der Waals surface area contributed by atoms with Crippen molar-refractivity contribution in [3.63, 3.8) is 0 Å². The van der Waals surface area contributed by atoms with Crippen LogP contribution < -0.4 is 10.6 Å². The Balaban J connectivity index is 1.83. The summed E-state index contributed by atoms with van der Waals surface area (Å²) in [6.45, 7) is 0. The van der Waals surface area contributed by atoms with Gasteiger partial charge in [0.1, 0.15) is 0 Å². The first kappa shape index (κ1) is 14.9. The van der Waals surface area contributed by atoms with Crippen LogP contribution in [-0.4, -0.2) is 11.8 Å². The molecule has 0 fully saturated rings. The van der Waals surface area contributed by atoms with Crippen LogP contribution in [0, 0.1) is 0 Å². The lowest BCUT2D eigenvalue weighted by Gasteiger charge is -2.17. The number of fused-ring (bicyclic) bond motifs is 1. The fourth-order valence-electron chi connectivity index (χ4n) is 2.33. The van der Waals surface area contributed by atoms with Crippen LogP contribution in [0.25, 0.3) is 0 Å². The summed E-state index contributed by atoms with van der Waals surface area (Å²) >= 11 is 11.9. The van der Waals surface area contributed by atoms with Crippen molar-refractivity contribution in [2.75, 3.05) is 10.6 Å². The second-order valence-electron chi connectivity index (χ2n) is 5.00. The van der Waals surface area contributed by atoms with Gasteiger partial charge in [-0.1, -0.05) is 23.2 Å². The molecule has 4 nitrogen and oxygen atoms in total. The lowest BCUT2D eigenvalue weighted by atomic mass is 10.0. The number of anilines is 2. The van der Waals surface area contributed by atoms with Crippen LogP contribution in [0.2, 0.25) is 10.0 Å². The molecule has 0 unspecified atom stereocenters. The highest BCUT2D eigenvalue weighted by atomic mass is 35.5. The number of hydrogen-bond acceptors (Lipinski definition) is 2. The molecule has 0 saturated carbocycles. The third kappa shape index (κ3) is 3.08. The Bertz CT molecular complexity index is 775. The Morgan fingerprint density at radius 3 is 2.73 bits per heavy atom. The average Bonchev–Trinajstić information content (AvgIpc) is 2.49. The highest BCUT2D eigenvalue weighted by Crippen LogP contribution is 2.27. The first-order valence-electron chi connectivity index (χ1n) is 6.72. The molecule has 3 rings (SSSR count). The Hall–Kier alpha value is -2.04. The Labute approximate surface area is 137 Å². The van der Waals surface area contributed by atoms with Crippen molar-refractivity contribution in [1.82, 2.24) is 0 Å². The van der Waals surface area contributed by atoms with E-state index in [4.69, 9.17) is 23.2 Å². The minimum atomic E-state index is -0.327. The molecule has 1 aliphatic rings. The summed E-state index contributed by atoms with van der Waals surface area (Å²) in [4.78, 5) is 23.6. The molecule has 0 aromatic heterocycles. The van der Waals surface area contributed by atoms with Crippen molar-refractivity contribution in [2.45, 2.75) is 12.8 Å². The first-order valence-corrected chi connectivity index (χ1v) is 7.48. The third-order valence-electron chi connectivity index (χ3n) is 3.43. The van der Waals surface area contributed by atoms with E-state index >= 15 is 0 Å². The van der Waals surface area contributed by atoms with Gasteiger partial charge in [-0.15, -0.1) is 0 Å². The SMILES string of the molecule is O=C1CCc2cc(NC(=O)c3cc(Cl)ccc3Cl)ccc2N1. The summed E-state index contributed by atoms with van der Waals surface area (Å²) in [6.07, 6.45) is 1.10. The van der Waals surface area contributed by atoms with Gasteiger partial charge in [0.2, 0.25) is 5.91 Å². The number of rotatable bonds is 2. The van der Waals surface area contributed by atoms with Gasteiger partial charge in [-0.2, -0.15) is 0 Å². The molecule has 22 heavy (non-hydrogen) atoms. The number of aryl methyl sites for hydroxylation is 1.